The summed E-state index contributed by atoms with van der Waals surface area (Å²) in [6.07, 6.45) is -2.51. The van der Waals surface area contributed by atoms with Gasteiger partial charge in [-0.25, -0.2) is 9.59 Å². The highest BCUT2D eigenvalue weighted by molar-refractivity contribution is 7.85. The second kappa shape index (κ2) is 7.69. The molecule has 1 aromatic carbocycles. The number of amides is 2. The van der Waals surface area contributed by atoms with Gasteiger partial charge in [0, 0.05) is 0 Å². The van der Waals surface area contributed by atoms with Crippen LogP contribution in [0, 0.1) is 0 Å². The Morgan fingerprint density at radius 3 is 1.29 bits per heavy atom. The smallest absolute Gasteiger partial charge is 0.423 e. The number of nitrogens with one attached hydrogen (secondary N) is 2. The Kier molecular flexibility index (Phi) is 6.19. The Labute approximate surface area is 137 Å². The molecule has 134 valence electrons. The molecule has 0 fully saturated rings. The fraction of sp³-hybridized carbons (Fsp3) is 0.200. The van der Waals surface area contributed by atoms with E-state index in [9.17, 15) is 26.4 Å². The Morgan fingerprint density at radius 1 is 0.750 bits per heavy atom. The third-order valence-corrected chi connectivity index (χ3v) is 3.68. The largest absolute Gasteiger partial charge is 0.452 e. The van der Waals surface area contributed by atoms with Crippen LogP contribution >= 0.6 is 0 Å². The lowest BCUT2D eigenvalue weighted by atomic mass is 10.3. The molecule has 12 nitrogen and oxygen atoms in total. The summed E-state index contributed by atoms with van der Waals surface area (Å²) >= 11 is 0. The number of rotatable bonds is 6. The normalized spacial score (nSPS) is 11.1. The molecule has 0 saturated carbocycles. The number of carbonyl (C=O) groups is 2. The zero-order chi connectivity index (χ0) is 18.4. The second-order valence-electron chi connectivity index (χ2n) is 3.73. The average Bonchev–Trinajstić information content (AvgIpc) is 2.47. The minimum absolute atomic E-state index is 0.253. The van der Waals surface area contributed by atoms with Crippen molar-refractivity contribution in [3.8, 4) is 11.5 Å². The molecule has 0 aliphatic heterocycles. The lowest BCUT2D eigenvalue weighted by Crippen LogP contribution is -2.34. The van der Waals surface area contributed by atoms with Crippen LogP contribution in [0.5, 0.6) is 11.5 Å². The fourth-order valence-electron chi connectivity index (χ4n) is 1.13. The summed E-state index contributed by atoms with van der Waals surface area (Å²) in [4.78, 5) is 21.6. The molecule has 1 rings (SSSR count). The van der Waals surface area contributed by atoms with Crippen molar-refractivity contribution in [2.45, 2.75) is 0 Å². The van der Waals surface area contributed by atoms with E-state index in [1.54, 1.807) is 0 Å². The minimum Gasteiger partial charge on any atom is -0.452 e. The van der Waals surface area contributed by atoms with E-state index in [-0.39, 0.29) is 11.5 Å². The topological polar surface area (TPSA) is 163 Å². The van der Waals surface area contributed by atoms with Gasteiger partial charge < -0.3 is 17.8 Å². The van der Waals surface area contributed by atoms with Gasteiger partial charge in [-0.3, -0.25) is 0 Å². The number of ether oxygens (including phenoxy) is 2. The Bertz CT molecular complexity index is 732. The third-order valence-electron chi connectivity index (χ3n) is 2.02. The van der Waals surface area contributed by atoms with Crippen LogP contribution in [-0.2, 0) is 30.1 Å². The van der Waals surface area contributed by atoms with E-state index in [1.807, 2.05) is 0 Å². The summed E-state index contributed by atoms with van der Waals surface area (Å²) in [5.74, 6) is -0.505. The summed E-state index contributed by atoms with van der Waals surface area (Å²) in [6, 6.07) is 4.16. The Hall–Kier alpha value is -2.74. The van der Waals surface area contributed by atoms with Crippen LogP contribution in [0.1, 0.15) is 0 Å². The van der Waals surface area contributed by atoms with Gasteiger partial charge in [-0.05, 0) is 24.3 Å². The lowest BCUT2D eigenvalue weighted by Gasteiger charge is -2.09. The van der Waals surface area contributed by atoms with E-state index in [0.717, 1.165) is 38.5 Å². The monoisotopic (exact) mass is 384 g/mol. The highest BCUT2D eigenvalue weighted by Gasteiger charge is 2.19. The molecule has 0 spiro atoms. The van der Waals surface area contributed by atoms with Crippen LogP contribution in [0.15, 0.2) is 24.3 Å². The highest BCUT2D eigenvalue weighted by atomic mass is 32.2. The zero-order valence-electron chi connectivity index (χ0n) is 12.2. The first-order valence-electron chi connectivity index (χ1n) is 5.77. The molecule has 0 atom stereocenters. The Morgan fingerprint density at radius 2 is 1.04 bits per heavy atom. The Balaban J connectivity index is 2.76. The van der Waals surface area contributed by atoms with Crippen LogP contribution in [0.3, 0.4) is 0 Å². The van der Waals surface area contributed by atoms with Crippen molar-refractivity contribution in [1.29, 1.82) is 0 Å². The van der Waals surface area contributed by atoms with E-state index in [2.05, 4.69) is 17.8 Å². The van der Waals surface area contributed by atoms with Crippen LogP contribution in [0.2, 0.25) is 0 Å². The van der Waals surface area contributed by atoms with Crippen molar-refractivity contribution < 1.29 is 44.3 Å². The van der Waals surface area contributed by atoms with Crippen LogP contribution in [0.4, 0.5) is 9.59 Å². The summed E-state index contributed by atoms with van der Waals surface area (Å²) in [5.41, 5.74) is 0. The van der Waals surface area contributed by atoms with Crippen molar-refractivity contribution in [1.82, 2.24) is 9.44 Å². The molecule has 0 bridgehead atoms. The van der Waals surface area contributed by atoms with Gasteiger partial charge in [-0.1, -0.05) is 0 Å². The van der Waals surface area contributed by atoms with Crippen LogP contribution in [0.25, 0.3) is 0 Å². The SMILES string of the molecule is COC(=O)NS(=O)(=O)Oc1ccc(OS(=O)(=O)NC(=O)OC)cc1. The number of benzene rings is 1. The van der Waals surface area contributed by atoms with E-state index in [1.165, 1.54) is 9.44 Å². The van der Waals surface area contributed by atoms with Gasteiger partial charge >= 0.3 is 32.8 Å². The summed E-state index contributed by atoms with van der Waals surface area (Å²) in [7, 11) is -7.02. The molecule has 2 amide bonds. The van der Waals surface area contributed by atoms with Crippen molar-refractivity contribution in [2.24, 2.45) is 0 Å². The second-order valence-corrected chi connectivity index (χ2v) is 6.29. The number of methoxy groups -OCH3 is 2. The van der Waals surface area contributed by atoms with Crippen molar-refractivity contribution in [2.75, 3.05) is 14.2 Å². The zero-order valence-corrected chi connectivity index (χ0v) is 13.8. The molecule has 24 heavy (non-hydrogen) atoms. The van der Waals surface area contributed by atoms with E-state index < -0.39 is 32.8 Å². The third kappa shape index (κ3) is 6.57. The first-order chi connectivity index (χ1) is 11.1. The number of hydrogen-bond donors (Lipinski definition) is 2. The van der Waals surface area contributed by atoms with E-state index in [4.69, 9.17) is 0 Å². The maximum atomic E-state index is 11.4. The van der Waals surface area contributed by atoms with Gasteiger partial charge in [0.1, 0.15) is 11.5 Å². The van der Waals surface area contributed by atoms with Gasteiger partial charge in [0.25, 0.3) is 0 Å². The quantitative estimate of drug-likeness (QED) is 0.662. The summed E-state index contributed by atoms with van der Waals surface area (Å²) < 4.78 is 65.7. The van der Waals surface area contributed by atoms with Gasteiger partial charge in [-0.15, -0.1) is 0 Å². The molecule has 0 unspecified atom stereocenters. The maximum absolute atomic E-state index is 11.4. The van der Waals surface area contributed by atoms with Gasteiger partial charge in [0.15, 0.2) is 0 Å². The van der Waals surface area contributed by atoms with Gasteiger partial charge in [-0.2, -0.15) is 26.3 Å². The average molecular weight is 384 g/mol. The van der Waals surface area contributed by atoms with Crippen LogP contribution < -0.4 is 17.8 Å². The molecule has 0 aromatic heterocycles. The van der Waals surface area contributed by atoms with Crippen molar-refractivity contribution in [3.05, 3.63) is 24.3 Å². The number of carbonyl (C=O) groups excluding carboxylic acids is 2. The molecule has 0 aliphatic carbocycles. The van der Waals surface area contributed by atoms with Crippen molar-refractivity contribution in [3.63, 3.8) is 0 Å². The number of hydrogen-bond acceptors (Lipinski definition) is 10. The fourth-order valence-corrected chi connectivity index (χ4v) is 2.52. The first kappa shape index (κ1) is 19.3. The molecule has 0 heterocycles. The standard InChI is InChI=1S/C10H12N2O10S2/c1-19-9(13)11-23(15,16)21-7-3-5-8(6-4-7)22-24(17,18)12-10(14)20-2/h3-6H,1-2H3,(H,11,13)(H,12,14). The lowest BCUT2D eigenvalue weighted by molar-refractivity contribution is 0.175. The first-order valence-corrected chi connectivity index (χ1v) is 8.59. The summed E-state index contributed by atoms with van der Waals surface area (Å²) in [6.45, 7) is 0. The summed E-state index contributed by atoms with van der Waals surface area (Å²) in [5, 5.41) is 0. The molecular weight excluding hydrogens is 372 g/mol. The predicted octanol–water partition coefficient (Wildman–Crippen LogP) is -0.354. The molecule has 0 aliphatic rings. The molecular formula is C10H12N2O10S2. The molecule has 2 N–H and O–H groups in total. The molecule has 0 saturated heterocycles. The highest BCUT2D eigenvalue weighted by Crippen LogP contribution is 2.19. The van der Waals surface area contributed by atoms with Crippen molar-refractivity contribution >= 4 is 32.8 Å². The van der Waals surface area contributed by atoms with Gasteiger partial charge in [0.05, 0.1) is 14.2 Å². The van der Waals surface area contributed by atoms with E-state index >= 15 is 0 Å². The predicted molar refractivity (Wildman–Crippen MR) is 76.6 cm³/mol. The van der Waals surface area contributed by atoms with Gasteiger partial charge in [0.2, 0.25) is 0 Å². The maximum Gasteiger partial charge on any atom is 0.423 e. The minimum atomic E-state index is -4.47. The van der Waals surface area contributed by atoms with Crippen LogP contribution in [-0.4, -0.2) is 43.2 Å². The molecule has 1 aromatic rings. The molecule has 14 heteroatoms. The molecule has 0 radical (unpaired) electrons. The van der Waals surface area contributed by atoms with E-state index in [0.29, 0.717) is 0 Å².